The third kappa shape index (κ3) is 2.96. The Morgan fingerprint density at radius 3 is 2.58 bits per heavy atom. The fraction of sp³-hybridized carbons (Fsp3) is 0.308. The standard InChI is InChI=1S/C13H16N4OS/c1-4-10-5-7-11(8-6-10)12(18)16-17-9(2)14-15-13(17)19-3/h5-8H,4H2,1-3H3,(H,16,18). The van der Waals surface area contributed by atoms with Gasteiger partial charge in [-0.1, -0.05) is 30.8 Å². The minimum atomic E-state index is -0.166. The van der Waals surface area contributed by atoms with E-state index in [4.69, 9.17) is 0 Å². The molecule has 0 radical (unpaired) electrons. The van der Waals surface area contributed by atoms with E-state index in [0.717, 1.165) is 6.42 Å². The number of aromatic nitrogens is 3. The summed E-state index contributed by atoms with van der Waals surface area (Å²) in [5, 5.41) is 8.57. The van der Waals surface area contributed by atoms with Crippen LogP contribution in [0.4, 0.5) is 0 Å². The molecule has 0 aliphatic heterocycles. The van der Waals surface area contributed by atoms with E-state index in [2.05, 4.69) is 22.5 Å². The monoisotopic (exact) mass is 276 g/mol. The van der Waals surface area contributed by atoms with Crippen molar-refractivity contribution >= 4 is 17.7 Å². The molecule has 100 valence electrons. The van der Waals surface area contributed by atoms with Crippen LogP contribution < -0.4 is 5.43 Å². The summed E-state index contributed by atoms with van der Waals surface area (Å²) in [6.45, 7) is 3.88. The number of carbonyl (C=O) groups is 1. The lowest BCUT2D eigenvalue weighted by Crippen LogP contribution is -2.24. The van der Waals surface area contributed by atoms with Crippen molar-refractivity contribution < 1.29 is 4.79 Å². The highest BCUT2D eigenvalue weighted by Crippen LogP contribution is 2.12. The summed E-state index contributed by atoms with van der Waals surface area (Å²) >= 11 is 1.43. The number of hydrogen-bond acceptors (Lipinski definition) is 4. The number of nitrogens with zero attached hydrogens (tertiary/aromatic N) is 3. The molecule has 0 saturated carbocycles. The average Bonchev–Trinajstić information content (AvgIpc) is 2.79. The molecule has 2 aromatic rings. The first-order valence-electron chi connectivity index (χ1n) is 6.02. The number of carbonyl (C=O) groups excluding carboxylic acids is 1. The number of amides is 1. The van der Waals surface area contributed by atoms with Gasteiger partial charge in [0.25, 0.3) is 5.91 Å². The summed E-state index contributed by atoms with van der Waals surface area (Å²) in [5.74, 6) is 0.490. The Kier molecular flexibility index (Phi) is 4.21. The third-order valence-corrected chi connectivity index (χ3v) is 3.44. The quantitative estimate of drug-likeness (QED) is 0.870. The predicted molar refractivity (Wildman–Crippen MR) is 76.1 cm³/mol. The number of aryl methyl sites for hydroxylation is 2. The van der Waals surface area contributed by atoms with Gasteiger partial charge in [0.2, 0.25) is 5.16 Å². The molecule has 5 nitrogen and oxygen atoms in total. The van der Waals surface area contributed by atoms with Gasteiger partial charge in [0.05, 0.1) is 0 Å². The zero-order chi connectivity index (χ0) is 13.8. The van der Waals surface area contributed by atoms with Crippen LogP contribution in [0.5, 0.6) is 0 Å². The van der Waals surface area contributed by atoms with Crippen molar-refractivity contribution in [1.82, 2.24) is 14.9 Å². The summed E-state index contributed by atoms with van der Waals surface area (Å²) in [5.41, 5.74) is 4.63. The topological polar surface area (TPSA) is 59.8 Å². The Morgan fingerprint density at radius 1 is 1.32 bits per heavy atom. The largest absolute Gasteiger partial charge is 0.270 e. The van der Waals surface area contributed by atoms with E-state index in [1.807, 2.05) is 30.5 Å². The molecule has 0 aliphatic carbocycles. The average molecular weight is 276 g/mol. The van der Waals surface area contributed by atoms with Gasteiger partial charge < -0.3 is 0 Å². The first-order valence-corrected chi connectivity index (χ1v) is 7.24. The van der Waals surface area contributed by atoms with Gasteiger partial charge in [0.15, 0.2) is 0 Å². The van der Waals surface area contributed by atoms with Crippen molar-refractivity contribution in [3.8, 4) is 0 Å². The second-order valence-electron chi connectivity index (χ2n) is 4.06. The molecule has 0 bridgehead atoms. The van der Waals surface area contributed by atoms with Crippen LogP contribution in [0.2, 0.25) is 0 Å². The highest BCUT2D eigenvalue weighted by molar-refractivity contribution is 7.98. The normalized spacial score (nSPS) is 10.5. The Morgan fingerprint density at radius 2 is 2.00 bits per heavy atom. The number of rotatable bonds is 4. The van der Waals surface area contributed by atoms with Crippen molar-refractivity contribution in [3.05, 3.63) is 41.2 Å². The molecule has 19 heavy (non-hydrogen) atoms. The van der Waals surface area contributed by atoms with Crippen LogP contribution in [0.25, 0.3) is 0 Å². The number of nitrogens with one attached hydrogen (secondary N) is 1. The molecule has 0 unspecified atom stereocenters. The number of thioether (sulfide) groups is 1. The molecule has 1 aromatic carbocycles. The fourth-order valence-corrected chi connectivity index (χ4v) is 2.14. The van der Waals surface area contributed by atoms with Crippen molar-refractivity contribution in [2.24, 2.45) is 0 Å². The first-order chi connectivity index (χ1) is 9.15. The lowest BCUT2D eigenvalue weighted by molar-refractivity contribution is 0.101. The summed E-state index contributed by atoms with van der Waals surface area (Å²) in [4.78, 5) is 12.1. The molecule has 0 atom stereocenters. The maximum Gasteiger partial charge on any atom is 0.270 e. The molecule has 0 aliphatic rings. The van der Waals surface area contributed by atoms with Crippen LogP contribution >= 0.6 is 11.8 Å². The maximum absolute atomic E-state index is 12.1. The van der Waals surface area contributed by atoms with Crippen LogP contribution in [0.3, 0.4) is 0 Å². The van der Waals surface area contributed by atoms with E-state index in [-0.39, 0.29) is 5.91 Å². The van der Waals surface area contributed by atoms with Gasteiger partial charge >= 0.3 is 0 Å². The molecule has 0 saturated heterocycles. The summed E-state index contributed by atoms with van der Waals surface area (Å²) < 4.78 is 1.60. The van der Waals surface area contributed by atoms with E-state index in [1.165, 1.54) is 17.3 Å². The van der Waals surface area contributed by atoms with E-state index in [1.54, 1.807) is 11.6 Å². The molecule has 0 spiro atoms. The van der Waals surface area contributed by atoms with Gasteiger partial charge in [-0.15, -0.1) is 10.2 Å². The van der Waals surface area contributed by atoms with Gasteiger partial charge in [-0.3, -0.25) is 10.2 Å². The fourth-order valence-electron chi connectivity index (χ4n) is 1.66. The van der Waals surface area contributed by atoms with Crippen LogP contribution in [0, 0.1) is 6.92 Å². The lowest BCUT2D eigenvalue weighted by Gasteiger charge is -2.09. The second-order valence-corrected chi connectivity index (χ2v) is 4.83. The molecule has 6 heteroatoms. The number of benzene rings is 1. The Labute approximate surface area is 116 Å². The molecule has 1 aromatic heterocycles. The SMILES string of the molecule is CCc1ccc(C(=O)Nn2c(C)nnc2SC)cc1. The van der Waals surface area contributed by atoms with E-state index in [0.29, 0.717) is 16.5 Å². The minimum Gasteiger partial charge on any atom is -0.267 e. The second kappa shape index (κ2) is 5.88. The zero-order valence-corrected chi connectivity index (χ0v) is 12.0. The maximum atomic E-state index is 12.1. The first kappa shape index (κ1) is 13.6. The number of hydrogen-bond donors (Lipinski definition) is 1. The molecular formula is C13H16N4OS. The smallest absolute Gasteiger partial charge is 0.267 e. The van der Waals surface area contributed by atoms with Gasteiger partial charge in [-0.05, 0) is 37.3 Å². The molecule has 2 rings (SSSR count). The highest BCUT2D eigenvalue weighted by atomic mass is 32.2. The molecule has 1 heterocycles. The Hall–Kier alpha value is -1.82. The van der Waals surface area contributed by atoms with Gasteiger partial charge in [0.1, 0.15) is 5.82 Å². The third-order valence-electron chi connectivity index (χ3n) is 2.82. The van der Waals surface area contributed by atoms with Crippen molar-refractivity contribution in [1.29, 1.82) is 0 Å². The highest BCUT2D eigenvalue weighted by Gasteiger charge is 2.12. The van der Waals surface area contributed by atoms with E-state index in [9.17, 15) is 4.79 Å². The van der Waals surface area contributed by atoms with Crippen LogP contribution in [0.1, 0.15) is 28.7 Å². The van der Waals surface area contributed by atoms with E-state index >= 15 is 0 Å². The van der Waals surface area contributed by atoms with Crippen molar-refractivity contribution in [2.75, 3.05) is 11.7 Å². The predicted octanol–water partition coefficient (Wildman–Crippen LogP) is 2.25. The molecule has 0 fully saturated rings. The van der Waals surface area contributed by atoms with Gasteiger partial charge in [-0.25, -0.2) is 4.68 Å². The zero-order valence-electron chi connectivity index (χ0n) is 11.2. The van der Waals surface area contributed by atoms with Gasteiger partial charge in [-0.2, -0.15) is 0 Å². The summed E-state index contributed by atoms with van der Waals surface area (Å²) in [6, 6.07) is 7.58. The summed E-state index contributed by atoms with van der Waals surface area (Å²) in [6.07, 6.45) is 2.85. The van der Waals surface area contributed by atoms with Crippen LogP contribution in [-0.2, 0) is 6.42 Å². The lowest BCUT2D eigenvalue weighted by atomic mass is 10.1. The Balaban J connectivity index is 2.18. The Bertz CT molecular complexity index is 577. The van der Waals surface area contributed by atoms with Crippen molar-refractivity contribution in [2.45, 2.75) is 25.4 Å². The molecule has 1 N–H and O–H groups in total. The van der Waals surface area contributed by atoms with Crippen molar-refractivity contribution in [3.63, 3.8) is 0 Å². The molecule has 1 amide bonds. The molecular weight excluding hydrogens is 260 g/mol. The van der Waals surface area contributed by atoms with Crippen LogP contribution in [-0.4, -0.2) is 27.0 Å². The minimum absolute atomic E-state index is 0.166. The van der Waals surface area contributed by atoms with Crippen LogP contribution in [0.15, 0.2) is 29.4 Å². The summed E-state index contributed by atoms with van der Waals surface area (Å²) in [7, 11) is 0. The van der Waals surface area contributed by atoms with E-state index < -0.39 is 0 Å². The van der Waals surface area contributed by atoms with Gasteiger partial charge in [0, 0.05) is 5.56 Å².